The van der Waals surface area contributed by atoms with Crippen molar-refractivity contribution in [2.24, 2.45) is 10.8 Å². The third-order valence-corrected chi connectivity index (χ3v) is 4.03. The van der Waals surface area contributed by atoms with Crippen LogP contribution in [0.2, 0.25) is 0 Å². The van der Waals surface area contributed by atoms with Crippen LogP contribution in [0, 0.1) is 0 Å². The number of methoxy groups -OCH3 is 2. The van der Waals surface area contributed by atoms with Crippen LogP contribution in [0.25, 0.3) is 0 Å². The van der Waals surface area contributed by atoms with Gasteiger partial charge in [-0.3, -0.25) is 9.59 Å². The van der Waals surface area contributed by atoms with Gasteiger partial charge < -0.3 is 25.2 Å². The largest absolute Gasteiger partial charge is 0.496 e. The van der Waals surface area contributed by atoms with E-state index in [0.717, 1.165) is 5.69 Å². The number of anilines is 1. The van der Waals surface area contributed by atoms with E-state index in [1.807, 2.05) is 4.90 Å². The Morgan fingerprint density at radius 2 is 1.86 bits per heavy atom. The first-order valence-corrected chi connectivity index (χ1v) is 9.38. The molecule has 1 amide bonds. The van der Waals surface area contributed by atoms with Crippen molar-refractivity contribution in [3.8, 4) is 11.5 Å². The van der Waals surface area contributed by atoms with Crippen molar-refractivity contribution in [1.82, 2.24) is 5.43 Å². The standard InChI is InChI=1S/C17H24Cl2N4O5/c1-27-14-9-13(23(5-3-18)6-4-19)15(28-2)7-11(14)10-21-22-16(24)8-12(20)17(25)26/h7,9-10,12H,3-6,8,20H2,1-2H3,(H,22,24)(H,25,26)/b21-10-/t12-/m0/s1. The number of aliphatic carboxylic acids is 1. The Morgan fingerprint density at radius 3 is 2.36 bits per heavy atom. The SMILES string of the molecule is COc1cc(N(CCCl)CCCl)c(OC)cc1/C=N\NC(=O)C[C@H](N)C(=O)O. The minimum absolute atomic E-state index is 0.391. The number of hydrazone groups is 1. The van der Waals surface area contributed by atoms with Crippen molar-refractivity contribution >= 4 is 47.0 Å². The maximum absolute atomic E-state index is 11.7. The zero-order valence-electron chi connectivity index (χ0n) is 15.7. The molecule has 1 aromatic rings. The Labute approximate surface area is 173 Å². The second-order valence-electron chi connectivity index (χ2n) is 5.57. The quantitative estimate of drug-likeness (QED) is 0.256. The van der Waals surface area contributed by atoms with Gasteiger partial charge in [0.2, 0.25) is 5.91 Å². The van der Waals surface area contributed by atoms with Gasteiger partial charge in [0.05, 0.1) is 32.5 Å². The first-order chi connectivity index (χ1) is 13.4. The highest BCUT2D eigenvalue weighted by Crippen LogP contribution is 2.35. The molecule has 0 saturated carbocycles. The first kappa shape index (κ1) is 23.8. The Balaban J connectivity index is 3.03. The number of nitrogens with one attached hydrogen (secondary N) is 1. The molecule has 0 heterocycles. The van der Waals surface area contributed by atoms with E-state index < -0.39 is 24.3 Å². The lowest BCUT2D eigenvalue weighted by molar-refractivity contribution is -0.140. The van der Waals surface area contributed by atoms with Crippen LogP contribution < -0.4 is 25.5 Å². The highest BCUT2D eigenvalue weighted by Gasteiger charge is 2.17. The third kappa shape index (κ3) is 7.06. The van der Waals surface area contributed by atoms with Crippen LogP contribution in [0.15, 0.2) is 17.2 Å². The number of rotatable bonds is 12. The number of amides is 1. The fourth-order valence-corrected chi connectivity index (χ4v) is 2.72. The highest BCUT2D eigenvalue weighted by atomic mass is 35.5. The van der Waals surface area contributed by atoms with Gasteiger partial charge in [0, 0.05) is 36.5 Å². The van der Waals surface area contributed by atoms with Crippen molar-refractivity contribution in [2.45, 2.75) is 12.5 Å². The third-order valence-electron chi connectivity index (χ3n) is 3.70. The molecule has 0 fully saturated rings. The average Bonchev–Trinajstić information content (AvgIpc) is 2.67. The summed E-state index contributed by atoms with van der Waals surface area (Å²) in [4.78, 5) is 24.3. The molecule has 4 N–H and O–H groups in total. The number of benzene rings is 1. The molecule has 0 unspecified atom stereocenters. The molecule has 0 spiro atoms. The molecule has 0 radical (unpaired) electrons. The lowest BCUT2D eigenvalue weighted by Crippen LogP contribution is -2.35. The van der Waals surface area contributed by atoms with Crippen molar-refractivity contribution in [1.29, 1.82) is 0 Å². The summed E-state index contributed by atoms with van der Waals surface area (Å²) >= 11 is 11.7. The minimum atomic E-state index is -1.29. The van der Waals surface area contributed by atoms with E-state index in [1.165, 1.54) is 20.4 Å². The number of alkyl halides is 2. The lowest BCUT2D eigenvalue weighted by Gasteiger charge is -2.26. The van der Waals surface area contributed by atoms with E-state index in [4.69, 9.17) is 43.5 Å². The molecular formula is C17H24Cl2N4O5. The monoisotopic (exact) mass is 434 g/mol. The molecule has 1 rings (SSSR count). The van der Waals surface area contributed by atoms with Crippen LogP contribution in [0.1, 0.15) is 12.0 Å². The maximum Gasteiger partial charge on any atom is 0.321 e. The summed E-state index contributed by atoms with van der Waals surface area (Å²) in [6.45, 7) is 1.14. The highest BCUT2D eigenvalue weighted by molar-refractivity contribution is 6.18. The molecule has 0 aliphatic carbocycles. The fraction of sp³-hybridized carbons (Fsp3) is 0.471. The smallest absolute Gasteiger partial charge is 0.321 e. The van der Waals surface area contributed by atoms with Gasteiger partial charge in [-0.25, -0.2) is 5.43 Å². The van der Waals surface area contributed by atoms with Crippen LogP contribution in [0.5, 0.6) is 11.5 Å². The van der Waals surface area contributed by atoms with E-state index in [2.05, 4.69) is 10.5 Å². The summed E-state index contributed by atoms with van der Waals surface area (Å²) in [5.74, 6) is -0.0165. The second-order valence-corrected chi connectivity index (χ2v) is 6.33. The van der Waals surface area contributed by atoms with Gasteiger partial charge in [-0.2, -0.15) is 5.10 Å². The van der Waals surface area contributed by atoms with Crippen LogP contribution in [-0.4, -0.2) is 68.3 Å². The maximum atomic E-state index is 11.7. The van der Waals surface area contributed by atoms with Crippen LogP contribution in [-0.2, 0) is 9.59 Å². The van der Waals surface area contributed by atoms with Gasteiger partial charge in [-0.15, -0.1) is 23.2 Å². The van der Waals surface area contributed by atoms with E-state index in [1.54, 1.807) is 12.1 Å². The number of hydrogen-bond acceptors (Lipinski definition) is 7. The average molecular weight is 435 g/mol. The summed E-state index contributed by atoms with van der Waals surface area (Å²) in [6, 6.07) is 2.17. The Kier molecular flexibility index (Phi) is 10.4. The number of carboxylic acids is 1. The summed E-state index contributed by atoms with van der Waals surface area (Å²) in [5, 5.41) is 12.5. The predicted octanol–water partition coefficient (Wildman–Crippen LogP) is 1.24. The van der Waals surface area contributed by atoms with Crippen molar-refractivity contribution < 1.29 is 24.2 Å². The molecule has 0 aromatic heterocycles. The predicted molar refractivity (Wildman–Crippen MR) is 109 cm³/mol. The number of ether oxygens (including phenoxy) is 2. The molecule has 1 atom stereocenters. The molecule has 28 heavy (non-hydrogen) atoms. The van der Waals surface area contributed by atoms with Gasteiger partial charge in [0.15, 0.2) is 0 Å². The van der Waals surface area contributed by atoms with Gasteiger partial charge in [-0.05, 0) is 6.07 Å². The van der Waals surface area contributed by atoms with Gasteiger partial charge in [-0.1, -0.05) is 0 Å². The van der Waals surface area contributed by atoms with E-state index >= 15 is 0 Å². The van der Waals surface area contributed by atoms with Crippen molar-refractivity contribution in [3.05, 3.63) is 17.7 Å². The molecule has 0 aliphatic rings. The Bertz CT molecular complexity index is 696. The second kappa shape index (κ2) is 12.3. The summed E-state index contributed by atoms with van der Waals surface area (Å²) in [6.07, 6.45) is 0.973. The molecule has 0 aliphatic heterocycles. The minimum Gasteiger partial charge on any atom is -0.496 e. The van der Waals surface area contributed by atoms with Crippen LogP contribution >= 0.6 is 23.2 Å². The van der Waals surface area contributed by atoms with Crippen molar-refractivity contribution in [3.63, 3.8) is 0 Å². The number of nitrogens with zero attached hydrogens (tertiary/aromatic N) is 2. The van der Waals surface area contributed by atoms with E-state index in [9.17, 15) is 9.59 Å². The number of carboxylic acid groups (broad SMARTS) is 1. The number of nitrogens with two attached hydrogens (primary N) is 1. The van der Waals surface area contributed by atoms with E-state index in [0.29, 0.717) is 41.9 Å². The van der Waals surface area contributed by atoms with Crippen LogP contribution in [0.4, 0.5) is 5.69 Å². The normalized spacial score (nSPS) is 11.9. The Morgan fingerprint density at radius 1 is 1.25 bits per heavy atom. The van der Waals surface area contributed by atoms with Gasteiger partial charge in [0.25, 0.3) is 0 Å². The molecule has 0 saturated heterocycles. The number of hydrogen-bond donors (Lipinski definition) is 3. The molecular weight excluding hydrogens is 411 g/mol. The molecule has 11 heteroatoms. The number of halogens is 2. The van der Waals surface area contributed by atoms with Crippen LogP contribution in [0.3, 0.4) is 0 Å². The van der Waals surface area contributed by atoms with Gasteiger partial charge in [0.1, 0.15) is 17.5 Å². The molecule has 156 valence electrons. The topological polar surface area (TPSA) is 126 Å². The molecule has 0 bridgehead atoms. The summed E-state index contributed by atoms with van der Waals surface area (Å²) in [7, 11) is 3.03. The number of carbonyl (C=O) groups is 2. The van der Waals surface area contributed by atoms with Crippen molar-refractivity contribution in [2.75, 3.05) is 44.0 Å². The zero-order valence-corrected chi connectivity index (χ0v) is 17.2. The van der Waals surface area contributed by atoms with E-state index in [-0.39, 0.29) is 0 Å². The number of carbonyl (C=O) groups excluding carboxylic acids is 1. The Hall–Kier alpha value is -2.23. The van der Waals surface area contributed by atoms with Gasteiger partial charge >= 0.3 is 5.97 Å². The summed E-state index contributed by atoms with van der Waals surface area (Å²) in [5.41, 5.74) is 8.84. The fourth-order valence-electron chi connectivity index (χ4n) is 2.32. The zero-order chi connectivity index (χ0) is 21.1. The first-order valence-electron chi connectivity index (χ1n) is 8.31. The molecule has 9 nitrogen and oxygen atoms in total. The summed E-state index contributed by atoms with van der Waals surface area (Å²) < 4.78 is 10.8. The molecule has 1 aromatic carbocycles. The lowest BCUT2D eigenvalue weighted by atomic mass is 10.1.